The van der Waals surface area contributed by atoms with E-state index in [4.69, 9.17) is 23.7 Å². The fourth-order valence-corrected chi connectivity index (χ4v) is 10.8. The summed E-state index contributed by atoms with van der Waals surface area (Å²) in [6, 6.07) is 2.67. The van der Waals surface area contributed by atoms with Crippen molar-refractivity contribution in [1.82, 2.24) is 24.3 Å². The Morgan fingerprint density at radius 1 is 1.05 bits per heavy atom. The molecule has 326 valence electrons. The first-order valence-electron chi connectivity index (χ1n) is 21.2. The highest BCUT2D eigenvalue weighted by atomic mass is 16.7. The highest BCUT2D eigenvalue weighted by Gasteiger charge is 2.66. The molecule has 14 atom stereocenters. The van der Waals surface area contributed by atoms with Crippen molar-refractivity contribution in [2.75, 3.05) is 27.7 Å². The van der Waals surface area contributed by atoms with Crippen molar-refractivity contribution in [1.29, 1.82) is 0 Å². The molecule has 4 saturated heterocycles. The Bertz CT molecular complexity index is 1840. The zero-order valence-electron chi connectivity index (χ0n) is 36.6. The van der Waals surface area contributed by atoms with Crippen LogP contribution in [0.3, 0.4) is 0 Å². The number of ether oxygens (including phenoxy) is 5. The molecular weight excluding hydrogens is 759 g/mol. The summed E-state index contributed by atoms with van der Waals surface area (Å²) in [4.78, 5) is 70.4. The standard InChI is InChI=1S/C44H65N5O10/c1-12-33-42(7)37-27(4)34(50)25(2)20-44(23-49(37)41(54)59-42,16-14-18-48-22-31(46-24-48)30-15-13-17-45-21-30)43(8,55-11)38(28(5)35(51)29(6)39(53)57-33)58-40-36(52)32(47(9)10)19-26(3)56-40/h13,15,17,21-22,24-29,32-33,36-38,40,52H,12,14,16,18-20,23H2,1-11H3/t25-,26-,27+,28+,29-,32+,33?,36-,37-,38-,40?,42?,43+,44?/m1/s1. The van der Waals surface area contributed by atoms with Gasteiger partial charge < -0.3 is 38.3 Å². The van der Waals surface area contributed by atoms with Crippen LogP contribution in [-0.2, 0) is 44.6 Å². The van der Waals surface area contributed by atoms with Crippen molar-refractivity contribution >= 4 is 23.6 Å². The predicted octanol–water partition coefficient (Wildman–Crippen LogP) is 4.93. The number of aryl methyl sites for hydroxylation is 1. The van der Waals surface area contributed by atoms with Crippen LogP contribution in [0.4, 0.5) is 4.79 Å². The summed E-state index contributed by atoms with van der Waals surface area (Å²) in [5.74, 6) is -4.73. The van der Waals surface area contributed by atoms with Gasteiger partial charge in [-0.1, -0.05) is 27.7 Å². The molecule has 0 aromatic carbocycles. The molecule has 6 heterocycles. The van der Waals surface area contributed by atoms with Gasteiger partial charge in [0.15, 0.2) is 17.7 Å². The molecule has 4 unspecified atom stereocenters. The van der Waals surface area contributed by atoms with Crippen LogP contribution < -0.4 is 0 Å². The molecule has 0 radical (unpaired) electrons. The van der Waals surface area contributed by atoms with Gasteiger partial charge in [-0.25, -0.2) is 9.78 Å². The Morgan fingerprint density at radius 3 is 2.42 bits per heavy atom. The van der Waals surface area contributed by atoms with E-state index in [9.17, 15) is 24.3 Å². The van der Waals surface area contributed by atoms with Crippen LogP contribution in [0.15, 0.2) is 37.1 Å². The average Bonchev–Trinajstić information content (AvgIpc) is 3.78. The molecule has 15 heteroatoms. The van der Waals surface area contributed by atoms with E-state index in [1.165, 1.54) is 6.92 Å². The quantitative estimate of drug-likeness (QED) is 0.253. The van der Waals surface area contributed by atoms with Crippen LogP contribution in [0, 0.1) is 29.1 Å². The van der Waals surface area contributed by atoms with Gasteiger partial charge in [0.25, 0.3) is 0 Å². The normalized spacial score (nSPS) is 39.5. The number of rotatable bonds is 10. The first-order chi connectivity index (χ1) is 27.8. The maximum absolute atomic E-state index is 14.7. The van der Waals surface area contributed by atoms with E-state index in [1.807, 2.05) is 76.5 Å². The monoisotopic (exact) mass is 823 g/mol. The largest absolute Gasteiger partial charge is 0.458 e. The maximum atomic E-state index is 14.7. The van der Waals surface area contributed by atoms with Gasteiger partial charge in [0.1, 0.15) is 23.9 Å². The fourth-order valence-electron chi connectivity index (χ4n) is 10.8. The highest BCUT2D eigenvalue weighted by molar-refractivity contribution is 6.00. The van der Waals surface area contributed by atoms with Crippen LogP contribution in [-0.4, -0.2) is 135 Å². The number of hydrogen-bond donors (Lipinski definition) is 1. The number of fused-ring (bicyclic) bond motifs is 1. The van der Waals surface area contributed by atoms with Crippen LogP contribution in [0.1, 0.15) is 87.5 Å². The zero-order valence-corrected chi connectivity index (χ0v) is 36.6. The summed E-state index contributed by atoms with van der Waals surface area (Å²) in [5.41, 5.74) is -2.29. The van der Waals surface area contributed by atoms with Gasteiger partial charge in [0.05, 0.1) is 35.9 Å². The van der Waals surface area contributed by atoms with Gasteiger partial charge in [-0.15, -0.1) is 0 Å². The number of ketones is 2. The van der Waals surface area contributed by atoms with Gasteiger partial charge in [0.2, 0.25) is 0 Å². The number of imidazole rings is 1. The van der Waals surface area contributed by atoms with Crippen LogP contribution in [0.2, 0.25) is 0 Å². The third-order valence-electron chi connectivity index (χ3n) is 14.2. The van der Waals surface area contributed by atoms with Crippen molar-refractivity contribution in [2.45, 2.75) is 148 Å². The molecular formula is C44H65N5O10. The minimum Gasteiger partial charge on any atom is -0.458 e. The number of likely N-dealkylation sites (N-methyl/N-ethyl adjacent to an activating group) is 1. The van der Waals surface area contributed by atoms with E-state index in [0.717, 1.165) is 11.3 Å². The molecule has 6 rings (SSSR count). The summed E-state index contributed by atoms with van der Waals surface area (Å²) in [6.45, 7) is 14.9. The lowest BCUT2D eigenvalue weighted by atomic mass is 9.58. The molecule has 0 saturated carbocycles. The number of methoxy groups -OCH3 is 1. The summed E-state index contributed by atoms with van der Waals surface area (Å²) >= 11 is 0. The number of pyridine rings is 1. The van der Waals surface area contributed by atoms with E-state index in [0.29, 0.717) is 25.8 Å². The summed E-state index contributed by atoms with van der Waals surface area (Å²) in [6.07, 6.45) is 3.93. The Labute approximate surface area is 348 Å². The Morgan fingerprint density at radius 2 is 1.78 bits per heavy atom. The van der Waals surface area contributed by atoms with E-state index >= 15 is 0 Å². The maximum Gasteiger partial charge on any atom is 0.410 e. The molecule has 4 fully saturated rings. The lowest BCUT2D eigenvalue weighted by Gasteiger charge is -2.57. The molecule has 2 aromatic rings. The van der Waals surface area contributed by atoms with Crippen molar-refractivity contribution in [2.24, 2.45) is 29.1 Å². The number of amides is 1. The summed E-state index contributed by atoms with van der Waals surface area (Å²) in [5, 5.41) is 11.8. The van der Waals surface area contributed by atoms with Crippen LogP contribution in [0.25, 0.3) is 11.3 Å². The van der Waals surface area contributed by atoms with Crippen molar-refractivity contribution in [3.63, 3.8) is 0 Å². The third kappa shape index (κ3) is 8.09. The third-order valence-corrected chi connectivity index (χ3v) is 14.2. The number of carbonyl (C=O) groups excluding carboxylic acids is 4. The molecule has 1 N–H and O–H groups in total. The number of aliphatic hydroxyl groups is 1. The van der Waals surface area contributed by atoms with Crippen LogP contribution >= 0.6 is 0 Å². The fraction of sp³-hybridized carbons (Fsp3) is 0.727. The number of cyclic esters (lactones) is 1. The van der Waals surface area contributed by atoms with Gasteiger partial charge in [-0.05, 0) is 86.0 Å². The topological polar surface area (TPSA) is 172 Å². The summed E-state index contributed by atoms with van der Waals surface area (Å²) < 4.78 is 34.5. The average molecular weight is 824 g/mol. The minimum absolute atomic E-state index is 0.0672. The number of esters is 1. The Hall–Kier alpha value is -3.76. The number of nitrogens with zero attached hydrogens (tertiary/aromatic N) is 5. The predicted molar refractivity (Wildman–Crippen MR) is 217 cm³/mol. The summed E-state index contributed by atoms with van der Waals surface area (Å²) in [7, 11) is 5.31. The second-order valence-corrected chi connectivity index (χ2v) is 18.2. The Kier molecular flexibility index (Phi) is 13.1. The molecule has 15 nitrogen and oxygen atoms in total. The molecule has 1 amide bonds. The molecule has 59 heavy (non-hydrogen) atoms. The molecule has 4 aliphatic heterocycles. The van der Waals surface area contributed by atoms with E-state index in [-0.39, 0.29) is 37.3 Å². The molecule has 4 aliphatic rings. The number of carbonyl (C=O) groups is 4. The number of aliphatic hydroxyl groups excluding tert-OH is 1. The van der Waals surface area contributed by atoms with E-state index in [1.54, 1.807) is 44.6 Å². The van der Waals surface area contributed by atoms with Gasteiger partial charge in [0, 0.05) is 73.6 Å². The second-order valence-electron chi connectivity index (χ2n) is 18.2. The zero-order chi connectivity index (χ0) is 43.2. The first-order valence-corrected chi connectivity index (χ1v) is 21.2. The lowest BCUT2D eigenvalue weighted by molar-refractivity contribution is -0.309. The lowest BCUT2D eigenvalue weighted by Crippen LogP contribution is -2.68. The number of hydrogen-bond acceptors (Lipinski definition) is 13. The smallest absolute Gasteiger partial charge is 0.410 e. The van der Waals surface area contributed by atoms with Gasteiger partial charge >= 0.3 is 12.1 Å². The van der Waals surface area contributed by atoms with E-state index in [2.05, 4.69) is 9.97 Å². The Balaban J connectivity index is 1.53. The first kappa shape index (κ1) is 44.8. The van der Waals surface area contributed by atoms with Gasteiger partial charge in [-0.2, -0.15) is 0 Å². The molecule has 0 spiro atoms. The SMILES string of the molecule is CCC1OC(=O)[C@H](C)C(=O)[C@H](C)[C@@H](OC2O[C@H](C)C[C@H](N(C)C)[C@H]2O)[C@](C)(OC)C2(CCCn3cnc(-c4cccnc4)c3)C[C@@H](C)C(=O)[C@H](C)[C@H]3N(C2)C(=O)OC13C. The van der Waals surface area contributed by atoms with Crippen LogP contribution in [0.5, 0.6) is 0 Å². The van der Waals surface area contributed by atoms with Crippen molar-refractivity contribution in [3.05, 3.63) is 37.1 Å². The van der Waals surface area contributed by atoms with Crippen molar-refractivity contribution in [3.8, 4) is 11.3 Å². The molecule has 0 aliphatic carbocycles. The molecule has 2 aromatic heterocycles. The highest BCUT2D eigenvalue weighted by Crippen LogP contribution is 2.54. The minimum atomic E-state index is -1.45. The van der Waals surface area contributed by atoms with Gasteiger partial charge in [-0.3, -0.25) is 24.3 Å². The second kappa shape index (κ2) is 17.3. The van der Waals surface area contributed by atoms with Crippen molar-refractivity contribution < 1.29 is 48.0 Å². The molecule has 4 bridgehead atoms. The number of aromatic nitrogens is 3. The number of Topliss-reactive ketones (excluding diaryl/α,β-unsaturated/α-hetero) is 2. The van der Waals surface area contributed by atoms with E-state index < -0.39 is 88.8 Å².